The first kappa shape index (κ1) is 16.0. The molecule has 130 valence electrons. The van der Waals surface area contributed by atoms with Crippen molar-refractivity contribution in [2.45, 2.75) is 12.6 Å². The van der Waals surface area contributed by atoms with Crippen molar-refractivity contribution < 1.29 is 13.9 Å². The molecular formula is C18H18F2N4O. The Morgan fingerprint density at radius 1 is 1.16 bits per heavy atom. The van der Waals surface area contributed by atoms with Crippen molar-refractivity contribution in [1.29, 1.82) is 0 Å². The van der Waals surface area contributed by atoms with E-state index in [-0.39, 0.29) is 0 Å². The van der Waals surface area contributed by atoms with Crippen LogP contribution >= 0.6 is 0 Å². The van der Waals surface area contributed by atoms with Crippen molar-refractivity contribution in [3.05, 3.63) is 53.2 Å². The number of hydrogen-bond donors (Lipinski definition) is 2. The third-order valence-electron chi connectivity index (χ3n) is 4.77. The Balaban J connectivity index is 1.76. The van der Waals surface area contributed by atoms with Crippen molar-refractivity contribution in [3.8, 4) is 0 Å². The Hall–Kier alpha value is -2.51. The summed E-state index contributed by atoms with van der Waals surface area (Å²) in [6.45, 7) is 0.776. The average Bonchev–Trinajstić information content (AvgIpc) is 2.87. The largest absolute Gasteiger partial charge is 0.374 e. The third-order valence-corrected chi connectivity index (χ3v) is 4.77. The molecular weight excluding hydrogens is 326 g/mol. The van der Waals surface area contributed by atoms with Gasteiger partial charge in [0.2, 0.25) is 0 Å². The fourth-order valence-corrected chi connectivity index (χ4v) is 3.39. The Labute approximate surface area is 143 Å². The second kappa shape index (κ2) is 5.79. The number of nitrogens with one attached hydrogen (secondary N) is 1. The minimum atomic E-state index is -0.911. The van der Waals surface area contributed by atoms with Gasteiger partial charge in [0, 0.05) is 48.4 Å². The van der Waals surface area contributed by atoms with Gasteiger partial charge in [0.15, 0.2) is 11.6 Å². The summed E-state index contributed by atoms with van der Waals surface area (Å²) in [7, 11) is 3.81. The monoisotopic (exact) mass is 344 g/mol. The highest BCUT2D eigenvalue weighted by Crippen LogP contribution is 2.35. The van der Waals surface area contributed by atoms with Crippen molar-refractivity contribution in [2.75, 3.05) is 18.9 Å². The predicted octanol–water partition coefficient (Wildman–Crippen LogP) is 3.07. The number of nitrogens with zero attached hydrogens (tertiary/aromatic N) is 3. The van der Waals surface area contributed by atoms with Gasteiger partial charge in [-0.15, -0.1) is 0 Å². The minimum Gasteiger partial charge on any atom is -0.374 e. The van der Waals surface area contributed by atoms with Crippen LogP contribution < -0.4 is 5.32 Å². The van der Waals surface area contributed by atoms with Gasteiger partial charge in [0.25, 0.3) is 0 Å². The molecule has 0 saturated heterocycles. The number of halogens is 2. The minimum absolute atomic E-state index is 0.421. The summed E-state index contributed by atoms with van der Waals surface area (Å²) in [6.07, 6.45) is 0.182. The number of aliphatic hydroxyl groups is 1. The molecule has 4 rings (SSSR count). The Bertz CT molecular complexity index is 969. The normalized spacial score (nSPS) is 17.7. The SMILES string of the molecule is CN1CCc2c(c3ccc(Nc4ccc(F)c(F)c4)nc3n2C)C1O. The van der Waals surface area contributed by atoms with Gasteiger partial charge in [-0.1, -0.05) is 0 Å². The second-order valence-electron chi connectivity index (χ2n) is 6.35. The first-order valence-corrected chi connectivity index (χ1v) is 8.04. The molecule has 0 aliphatic carbocycles. The van der Waals surface area contributed by atoms with Gasteiger partial charge in [-0.05, 0) is 31.3 Å². The number of hydrogen-bond acceptors (Lipinski definition) is 4. The summed E-state index contributed by atoms with van der Waals surface area (Å²) in [5, 5.41) is 14.4. The van der Waals surface area contributed by atoms with E-state index in [2.05, 4.69) is 10.3 Å². The molecule has 2 aromatic heterocycles. The molecule has 1 unspecified atom stereocenters. The van der Waals surface area contributed by atoms with Crippen LogP contribution in [0.15, 0.2) is 30.3 Å². The summed E-state index contributed by atoms with van der Waals surface area (Å²) >= 11 is 0. The molecule has 3 heterocycles. The van der Waals surface area contributed by atoms with E-state index in [1.165, 1.54) is 6.07 Å². The highest BCUT2D eigenvalue weighted by Gasteiger charge is 2.29. The van der Waals surface area contributed by atoms with Gasteiger partial charge in [0.05, 0.1) is 0 Å². The van der Waals surface area contributed by atoms with Crippen LogP contribution in [-0.2, 0) is 13.5 Å². The highest BCUT2D eigenvalue weighted by atomic mass is 19.2. The maximum atomic E-state index is 13.4. The molecule has 5 nitrogen and oxygen atoms in total. The van der Waals surface area contributed by atoms with E-state index in [4.69, 9.17) is 0 Å². The smallest absolute Gasteiger partial charge is 0.160 e. The van der Waals surface area contributed by atoms with Gasteiger partial charge in [-0.3, -0.25) is 4.90 Å². The number of rotatable bonds is 2. The van der Waals surface area contributed by atoms with Crippen LogP contribution in [-0.4, -0.2) is 33.1 Å². The van der Waals surface area contributed by atoms with E-state index in [0.29, 0.717) is 11.5 Å². The van der Waals surface area contributed by atoms with Gasteiger partial charge < -0.3 is 15.0 Å². The predicted molar refractivity (Wildman–Crippen MR) is 91.6 cm³/mol. The van der Waals surface area contributed by atoms with Crippen LogP contribution in [0.2, 0.25) is 0 Å². The first-order chi connectivity index (χ1) is 12.0. The van der Waals surface area contributed by atoms with Gasteiger partial charge >= 0.3 is 0 Å². The zero-order chi connectivity index (χ0) is 17.7. The number of aromatic nitrogens is 2. The summed E-state index contributed by atoms with van der Waals surface area (Å²) in [6, 6.07) is 7.29. The number of anilines is 2. The van der Waals surface area contributed by atoms with Gasteiger partial charge in [-0.2, -0.15) is 0 Å². The van der Waals surface area contributed by atoms with E-state index in [0.717, 1.165) is 47.4 Å². The zero-order valence-corrected chi connectivity index (χ0v) is 13.9. The standard InChI is InChI=1S/C18H18F2N4O/c1-23-8-7-14-16(18(23)25)11-4-6-15(22-17(11)24(14)2)21-10-3-5-12(19)13(20)9-10/h3-6,9,18,25H,7-8H2,1-2H3,(H,21,22). The molecule has 0 bridgehead atoms. The number of pyridine rings is 1. The number of aryl methyl sites for hydroxylation is 1. The lowest BCUT2D eigenvalue weighted by Gasteiger charge is -2.29. The van der Waals surface area contributed by atoms with Crippen LogP contribution in [0.3, 0.4) is 0 Å². The molecule has 0 saturated carbocycles. The van der Waals surface area contributed by atoms with Crippen LogP contribution in [0.5, 0.6) is 0 Å². The molecule has 0 fully saturated rings. The maximum absolute atomic E-state index is 13.4. The van der Waals surface area contributed by atoms with Crippen molar-refractivity contribution in [1.82, 2.24) is 14.5 Å². The van der Waals surface area contributed by atoms with Crippen LogP contribution in [0.1, 0.15) is 17.5 Å². The van der Waals surface area contributed by atoms with Gasteiger partial charge in [-0.25, -0.2) is 13.8 Å². The van der Waals surface area contributed by atoms with E-state index < -0.39 is 17.9 Å². The summed E-state index contributed by atoms with van der Waals surface area (Å²) in [4.78, 5) is 6.49. The first-order valence-electron chi connectivity index (χ1n) is 8.04. The number of likely N-dealkylation sites (N-methyl/N-ethyl adjacent to an activating group) is 1. The summed E-state index contributed by atoms with van der Waals surface area (Å²) in [5.74, 6) is -1.27. The fourth-order valence-electron chi connectivity index (χ4n) is 3.39. The highest BCUT2D eigenvalue weighted by molar-refractivity contribution is 5.85. The van der Waals surface area contributed by atoms with E-state index >= 15 is 0 Å². The third kappa shape index (κ3) is 2.56. The molecule has 1 aliphatic rings. The van der Waals surface area contributed by atoms with E-state index in [1.54, 1.807) is 6.07 Å². The molecule has 0 amide bonds. The summed E-state index contributed by atoms with van der Waals surface area (Å²) < 4.78 is 28.4. The molecule has 1 aromatic carbocycles. The molecule has 1 aliphatic heterocycles. The van der Waals surface area contributed by atoms with E-state index in [9.17, 15) is 13.9 Å². The van der Waals surface area contributed by atoms with Crippen molar-refractivity contribution in [2.24, 2.45) is 7.05 Å². The molecule has 3 aromatic rings. The number of fused-ring (bicyclic) bond motifs is 3. The lowest BCUT2D eigenvalue weighted by Crippen LogP contribution is -2.32. The van der Waals surface area contributed by atoms with Crippen molar-refractivity contribution in [3.63, 3.8) is 0 Å². The molecule has 0 spiro atoms. The molecule has 0 radical (unpaired) electrons. The zero-order valence-electron chi connectivity index (χ0n) is 13.9. The van der Waals surface area contributed by atoms with Crippen molar-refractivity contribution >= 4 is 22.5 Å². The molecule has 1 atom stereocenters. The average molecular weight is 344 g/mol. The fraction of sp³-hybridized carbons (Fsp3) is 0.278. The Kier molecular flexibility index (Phi) is 3.70. The van der Waals surface area contributed by atoms with Crippen LogP contribution in [0, 0.1) is 11.6 Å². The molecule has 2 N–H and O–H groups in total. The Morgan fingerprint density at radius 3 is 2.72 bits per heavy atom. The second-order valence-corrected chi connectivity index (χ2v) is 6.35. The summed E-state index contributed by atoms with van der Waals surface area (Å²) in [5.41, 5.74) is 3.12. The molecule has 7 heteroatoms. The quantitative estimate of drug-likeness (QED) is 0.750. The maximum Gasteiger partial charge on any atom is 0.160 e. The molecule has 25 heavy (non-hydrogen) atoms. The topological polar surface area (TPSA) is 53.3 Å². The number of aliphatic hydroxyl groups excluding tert-OH is 1. The van der Waals surface area contributed by atoms with Crippen LogP contribution in [0.4, 0.5) is 20.3 Å². The Morgan fingerprint density at radius 2 is 1.96 bits per heavy atom. The van der Waals surface area contributed by atoms with E-state index in [1.807, 2.05) is 29.6 Å². The van der Waals surface area contributed by atoms with Crippen LogP contribution in [0.25, 0.3) is 11.0 Å². The number of benzene rings is 1. The van der Waals surface area contributed by atoms with Gasteiger partial charge in [0.1, 0.15) is 17.7 Å². The lowest BCUT2D eigenvalue weighted by molar-refractivity contribution is 0.0133. The lowest BCUT2D eigenvalue weighted by atomic mass is 10.0.